The molecule has 0 saturated heterocycles. The molecule has 142 valence electrons. The average Bonchev–Trinajstić information content (AvgIpc) is 3.24. The minimum Gasteiger partial charge on any atom is -0.467 e. The van der Waals surface area contributed by atoms with Gasteiger partial charge in [0.1, 0.15) is 17.4 Å². The first kappa shape index (κ1) is 19.2. The second-order valence-electron chi connectivity index (χ2n) is 6.94. The van der Waals surface area contributed by atoms with Gasteiger partial charge in [-0.05, 0) is 80.8 Å². The molecule has 1 amide bonds. The van der Waals surface area contributed by atoms with Crippen LogP contribution < -0.4 is 5.32 Å². The molecule has 3 rings (SSSR count). The van der Waals surface area contributed by atoms with Crippen LogP contribution in [-0.4, -0.2) is 10.5 Å². The summed E-state index contributed by atoms with van der Waals surface area (Å²) in [5.41, 5.74) is 6.39. The Bertz CT molecular complexity index is 1060. The van der Waals surface area contributed by atoms with E-state index in [0.29, 0.717) is 5.76 Å². The van der Waals surface area contributed by atoms with Crippen molar-refractivity contribution < 1.29 is 9.21 Å². The number of nitriles is 1. The van der Waals surface area contributed by atoms with Gasteiger partial charge in [0.25, 0.3) is 5.91 Å². The maximum atomic E-state index is 12.4. The lowest BCUT2D eigenvalue weighted by molar-refractivity contribution is -0.117. The van der Waals surface area contributed by atoms with Crippen LogP contribution in [0.3, 0.4) is 0 Å². The molecule has 0 spiro atoms. The monoisotopic (exact) mass is 373 g/mol. The van der Waals surface area contributed by atoms with Gasteiger partial charge in [0.15, 0.2) is 0 Å². The topological polar surface area (TPSA) is 71.0 Å². The second kappa shape index (κ2) is 8.01. The highest BCUT2D eigenvalue weighted by Gasteiger charge is 2.14. The molecule has 0 saturated carbocycles. The van der Waals surface area contributed by atoms with Crippen molar-refractivity contribution in [2.75, 3.05) is 0 Å². The predicted molar refractivity (Wildman–Crippen MR) is 109 cm³/mol. The Hall–Kier alpha value is -3.52. The van der Waals surface area contributed by atoms with Gasteiger partial charge in [0.2, 0.25) is 0 Å². The van der Waals surface area contributed by atoms with E-state index < -0.39 is 5.91 Å². The minimum atomic E-state index is -0.421. The molecular formula is C23H23N3O2. The standard InChI is InChI=1S/C23H23N3O2/c1-15-8-16(2)10-21(9-15)26-17(3)11-19(18(26)4)12-20(13-24)23(27)25-14-22-6-5-7-28-22/h5-12H,14H2,1-4H3,(H,25,27)/b20-12-. The zero-order chi connectivity index (χ0) is 20.3. The molecule has 5 nitrogen and oxygen atoms in total. The third-order valence-corrected chi connectivity index (χ3v) is 4.60. The Labute approximate surface area is 164 Å². The summed E-state index contributed by atoms with van der Waals surface area (Å²) in [5, 5.41) is 12.2. The molecule has 1 N–H and O–H groups in total. The molecule has 2 aromatic heterocycles. The number of rotatable bonds is 5. The van der Waals surface area contributed by atoms with Crippen molar-refractivity contribution >= 4 is 12.0 Å². The zero-order valence-electron chi connectivity index (χ0n) is 16.5. The molecule has 2 heterocycles. The number of carbonyl (C=O) groups is 1. The molecule has 0 aliphatic carbocycles. The molecule has 0 radical (unpaired) electrons. The van der Waals surface area contributed by atoms with E-state index >= 15 is 0 Å². The first-order valence-electron chi connectivity index (χ1n) is 9.09. The fourth-order valence-electron chi connectivity index (χ4n) is 3.39. The molecule has 0 unspecified atom stereocenters. The van der Waals surface area contributed by atoms with Gasteiger partial charge in [-0.2, -0.15) is 5.26 Å². The van der Waals surface area contributed by atoms with Crippen molar-refractivity contribution in [3.63, 3.8) is 0 Å². The summed E-state index contributed by atoms with van der Waals surface area (Å²) in [5.74, 6) is 0.216. The van der Waals surface area contributed by atoms with Gasteiger partial charge in [-0.1, -0.05) is 6.07 Å². The molecule has 0 aliphatic heterocycles. The average molecular weight is 373 g/mol. The Morgan fingerprint density at radius 1 is 1.18 bits per heavy atom. The number of aromatic nitrogens is 1. The Kier molecular flexibility index (Phi) is 5.51. The van der Waals surface area contributed by atoms with E-state index in [1.165, 1.54) is 11.1 Å². The van der Waals surface area contributed by atoms with Crippen LogP contribution in [0.25, 0.3) is 11.8 Å². The summed E-state index contributed by atoms with van der Waals surface area (Å²) >= 11 is 0. The van der Waals surface area contributed by atoms with Crippen LogP contribution in [0.5, 0.6) is 0 Å². The number of benzene rings is 1. The van der Waals surface area contributed by atoms with Gasteiger partial charge in [0, 0.05) is 17.1 Å². The number of nitrogens with one attached hydrogen (secondary N) is 1. The van der Waals surface area contributed by atoms with Crippen LogP contribution in [0.1, 0.15) is 33.8 Å². The lowest BCUT2D eigenvalue weighted by Crippen LogP contribution is -2.23. The van der Waals surface area contributed by atoms with Crippen LogP contribution in [0, 0.1) is 39.0 Å². The molecule has 0 bridgehead atoms. The molecule has 5 heteroatoms. The van der Waals surface area contributed by atoms with Crippen molar-refractivity contribution in [2.24, 2.45) is 0 Å². The van der Waals surface area contributed by atoms with Gasteiger partial charge >= 0.3 is 0 Å². The normalized spacial score (nSPS) is 11.3. The van der Waals surface area contributed by atoms with E-state index in [2.05, 4.69) is 41.9 Å². The van der Waals surface area contributed by atoms with Crippen molar-refractivity contribution in [1.29, 1.82) is 5.26 Å². The van der Waals surface area contributed by atoms with Gasteiger partial charge in [-0.3, -0.25) is 4.79 Å². The maximum absolute atomic E-state index is 12.4. The van der Waals surface area contributed by atoms with Gasteiger partial charge in [-0.25, -0.2) is 0 Å². The number of hydrogen-bond acceptors (Lipinski definition) is 3. The molecular weight excluding hydrogens is 350 g/mol. The highest BCUT2D eigenvalue weighted by Crippen LogP contribution is 2.24. The Morgan fingerprint density at radius 3 is 2.50 bits per heavy atom. The van der Waals surface area contributed by atoms with E-state index in [9.17, 15) is 10.1 Å². The van der Waals surface area contributed by atoms with Crippen molar-refractivity contribution in [3.8, 4) is 11.8 Å². The minimum absolute atomic E-state index is 0.0622. The Balaban J connectivity index is 1.90. The molecule has 28 heavy (non-hydrogen) atoms. The predicted octanol–water partition coefficient (Wildman–Crippen LogP) is 4.53. The SMILES string of the molecule is Cc1cc(C)cc(-n2c(C)cc(/C=C(/C#N)C(=O)NCc3ccco3)c2C)c1. The quantitative estimate of drug-likeness (QED) is 0.528. The van der Waals surface area contributed by atoms with E-state index in [-0.39, 0.29) is 12.1 Å². The highest BCUT2D eigenvalue weighted by atomic mass is 16.3. The summed E-state index contributed by atoms with van der Waals surface area (Å²) in [6.45, 7) is 8.40. The van der Waals surface area contributed by atoms with Crippen LogP contribution in [-0.2, 0) is 11.3 Å². The van der Waals surface area contributed by atoms with E-state index in [1.807, 2.05) is 26.0 Å². The fourth-order valence-corrected chi connectivity index (χ4v) is 3.39. The van der Waals surface area contributed by atoms with Crippen LogP contribution in [0.15, 0.2) is 52.7 Å². The second-order valence-corrected chi connectivity index (χ2v) is 6.94. The maximum Gasteiger partial charge on any atom is 0.262 e. The summed E-state index contributed by atoms with van der Waals surface area (Å²) in [7, 11) is 0. The number of carbonyl (C=O) groups excluding carboxylic acids is 1. The number of furan rings is 1. The fraction of sp³-hybridized carbons (Fsp3) is 0.217. The lowest BCUT2D eigenvalue weighted by atomic mass is 10.1. The van der Waals surface area contributed by atoms with E-state index in [0.717, 1.165) is 22.6 Å². The van der Waals surface area contributed by atoms with Crippen molar-refractivity contribution in [2.45, 2.75) is 34.2 Å². The highest BCUT2D eigenvalue weighted by molar-refractivity contribution is 6.01. The van der Waals surface area contributed by atoms with Crippen molar-refractivity contribution in [1.82, 2.24) is 9.88 Å². The smallest absolute Gasteiger partial charge is 0.262 e. The first-order valence-corrected chi connectivity index (χ1v) is 9.09. The van der Waals surface area contributed by atoms with Crippen LogP contribution in [0.2, 0.25) is 0 Å². The number of aryl methyl sites for hydroxylation is 3. The lowest BCUT2D eigenvalue weighted by Gasteiger charge is -2.12. The van der Waals surface area contributed by atoms with Gasteiger partial charge in [0.05, 0.1) is 12.8 Å². The van der Waals surface area contributed by atoms with Crippen molar-refractivity contribution in [3.05, 3.63) is 82.1 Å². The van der Waals surface area contributed by atoms with Crippen LogP contribution >= 0.6 is 0 Å². The molecule has 0 fully saturated rings. The molecule has 0 atom stereocenters. The Morgan fingerprint density at radius 2 is 1.89 bits per heavy atom. The third-order valence-electron chi connectivity index (χ3n) is 4.60. The number of hydrogen-bond donors (Lipinski definition) is 1. The van der Waals surface area contributed by atoms with Crippen LogP contribution in [0.4, 0.5) is 0 Å². The summed E-state index contributed by atoms with van der Waals surface area (Å²) in [6.07, 6.45) is 3.18. The summed E-state index contributed by atoms with van der Waals surface area (Å²) in [4.78, 5) is 12.4. The summed E-state index contributed by atoms with van der Waals surface area (Å²) in [6, 6.07) is 13.9. The number of nitrogens with zero attached hydrogens (tertiary/aromatic N) is 2. The molecule has 0 aliphatic rings. The third kappa shape index (κ3) is 4.07. The first-order chi connectivity index (χ1) is 13.4. The molecule has 3 aromatic rings. The van der Waals surface area contributed by atoms with Gasteiger partial charge < -0.3 is 14.3 Å². The largest absolute Gasteiger partial charge is 0.467 e. The zero-order valence-corrected chi connectivity index (χ0v) is 16.5. The molecule has 1 aromatic carbocycles. The summed E-state index contributed by atoms with van der Waals surface area (Å²) < 4.78 is 7.34. The number of amides is 1. The van der Waals surface area contributed by atoms with E-state index in [4.69, 9.17) is 4.42 Å². The van der Waals surface area contributed by atoms with Gasteiger partial charge in [-0.15, -0.1) is 0 Å². The van der Waals surface area contributed by atoms with E-state index in [1.54, 1.807) is 24.5 Å².